The summed E-state index contributed by atoms with van der Waals surface area (Å²) in [7, 11) is -0.650. The largest absolute Gasteiger partial charge is 0.496 e. The van der Waals surface area contributed by atoms with Gasteiger partial charge in [0, 0.05) is 29.5 Å². The molecule has 0 aliphatic heterocycles. The zero-order valence-electron chi connectivity index (χ0n) is 16.5. The summed E-state index contributed by atoms with van der Waals surface area (Å²) in [5.41, 5.74) is 8.51. The lowest BCUT2D eigenvalue weighted by molar-refractivity contribution is 0.357. The molecule has 148 valence electrons. The quantitative estimate of drug-likeness (QED) is 0.473. The molecule has 3 N–H and O–H groups in total. The second-order valence-corrected chi connectivity index (χ2v) is 7.64. The second-order valence-electron chi connectivity index (χ2n) is 6.20. The minimum absolute atomic E-state index is 0.248. The summed E-state index contributed by atoms with van der Waals surface area (Å²) in [5, 5.41) is 4.03. The fourth-order valence-electron chi connectivity index (χ4n) is 2.81. The van der Waals surface area contributed by atoms with Crippen molar-refractivity contribution in [2.45, 2.75) is 40.0 Å². The first-order chi connectivity index (χ1) is 13.0. The first kappa shape index (κ1) is 21.2. The number of aryl methyl sites for hydroxylation is 1. The number of benzene rings is 1. The maximum atomic E-state index is 12.3. The number of nitrogens with one attached hydrogen (secondary N) is 1. The maximum absolute atomic E-state index is 12.3. The van der Waals surface area contributed by atoms with E-state index in [1.54, 1.807) is 13.2 Å². The van der Waals surface area contributed by atoms with Crippen molar-refractivity contribution in [3.8, 4) is 5.75 Å². The van der Waals surface area contributed by atoms with Crippen LogP contribution in [-0.2, 0) is 15.5 Å². The SMILES string of the molecule is CCCCNc1nc(N)nc(C)c1Cc1cc([PH](=O)OCC)ccc1OC. The van der Waals surface area contributed by atoms with Crippen molar-refractivity contribution in [2.75, 3.05) is 31.3 Å². The molecular weight excluding hydrogens is 363 g/mol. The second kappa shape index (κ2) is 10.3. The Morgan fingerprint density at radius 2 is 2.04 bits per heavy atom. The van der Waals surface area contributed by atoms with Crippen LogP contribution >= 0.6 is 8.03 Å². The standard InChI is InChI=1S/C19H29N4O3P/c1-5-7-10-21-18-16(13(3)22-19(20)23-18)12-14-11-15(27(24)26-6-2)8-9-17(14)25-4/h8-9,11,27H,5-7,10,12H2,1-4H3,(H3,20,21,22,23). The van der Waals surface area contributed by atoms with Gasteiger partial charge in [-0.3, -0.25) is 4.57 Å². The van der Waals surface area contributed by atoms with E-state index >= 15 is 0 Å². The number of nitrogens with zero attached hydrogens (tertiary/aromatic N) is 2. The van der Waals surface area contributed by atoms with Gasteiger partial charge < -0.3 is 20.3 Å². The zero-order chi connectivity index (χ0) is 19.8. The highest BCUT2D eigenvalue weighted by molar-refractivity contribution is 7.48. The highest BCUT2D eigenvalue weighted by Gasteiger charge is 2.15. The number of nitrogens with two attached hydrogens (primary N) is 1. The summed E-state index contributed by atoms with van der Waals surface area (Å²) in [5.74, 6) is 1.71. The van der Waals surface area contributed by atoms with E-state index < -0.39 is 8.03 Å². The Morgan fingerprint density at radius 3 is 2.70 bits per heavy atom. The van der Waals surface area contributed by atoms with E-state index in [2.05, 4.69) is 22.2 Å². The molecule has 2 aromatic rings. The minimum Gasteiger partial charge on any atom is -0.496 e. The van der Waals surface area contributed by atoms with Crippen molar-refractivity contribution in [1.82, 2.24) is 9.97 Å². The average Bonchev–Trinajstić information content (AvgIpc) is 2.64. The van der Waals surface area contributed by atoms with Crippen LogP contribution in [0, 0.1) is 6.92 Å². The number of hydrogen-bond donors (Lipinski definition) is 2. The summed E-state index contributed by atoms with van der Waals surface area (Å²) in [6.07, 6.45) is 2.67. The third-order valence-corrected chi connectivity index (χ3v) is 5.55. The smallest absolute Gasteiger partial charge is 0.222 e. The van der Waals surface area contributed by atoms with E-state index in [1.165, 1.54) is 0 Å². The van der Waals surface area contributed by atoms with Gasteiger partial charge in [-0.2, -0.15) is 4.98 Å². The fourth-order valence-corrected chi connectivity index (χ4v) is 3.75. The molecule has 0 spiro atoms. The fraction of sp³-hybridized carbons (Fsp3) is 0.474. The number of hydrogen-bond acceptors (Lipinski definition) is 7. The predicted molar refractivity (Wildman–Crippen MR) is 111 cm³/mol. The predicted octanol–water partition coefficient (Wildman–Crippen LogP) is 3.32. The van der Waals surface area contributed by atoms with E-state index in [-0.39, 0.29) is 5.95 Å². The van der Waals surface area contributed by atoms with Crippen LogP contribution in [0.25, 0.3) is 0 Å². The average molecular weight is 392 g/mol. The van der Waals surface area contributed by atoms with Crippen molar-refractivity contribution < 1.29 is 13.8 Å². The Labute approximate surface area is 161 Å². The molecule has 2 rings (SSSR count). The van der Waals surface area contributed by atoms with Crippen LogP contribution < -0.4 is 21.1 Å². The lowest BCUT2D eigenvalue weighted by Gasteiger charge is -2.16. The molecule has 0 aliphatic carbocycles. The van der Waals surface area contributed by atoms with Crippen LogP contribution in [0.2, 0.25) is 0 Å². The Morgan fingerprint density at radius 1 is 1.26 bits per heavy atom. The molecule has 0 fully saturated rings. The summed E-state index contributed by atoms with van der Waals surface area (Å²) in [6.45, 7) is 7.11. The zero-order valence-corrected chi connectivity index (χ0v) is 17.5. The Balaban J connectivity index is 2.40. The van der Waals surface area contributed by atoms with Crippen molar-refractivity contribution in [3.05, 3.63) is 35.0 Å². The summed E-state index contributed by atoms with van der Waals surface area (Å²) in [4.78, 5) is 8.69. The monoisotopic (exact) mass is 392 g/mol. The number of unbranched alkanes of at least 4 members (excludes halogenated alkanes) is 1. The normalized spacial score (nSPS) is 12.0. The third kappa shape index (κ3) is 5.68. The molecule has 0 radical (unpaired) electrons. The molecule has 7 nitrogen and oxygen atoms in total. The molecule has 0 saturated carbocycles. The van der Waals surface area contributed by atoms with Crippen molar-refractivity contribution >= 4 is 25.1 Å². The van der Waals surface area contributed by atoms with Crippen LogP contribution in [0.4, 0.5) is 11.8 Å². The summed E-state index contributed by atoms with van der Waals surface area (Å²) >= 11 is 0. The molecular formula is C19H29N4O3P. The molecule has 27 heavy (non-hydrogen) atoms. The number of aromatic nitrogens is 2. The van der Waals surface area contributed by atoms with Gasteiger partial charge in [0.25, 0.3) is 0 Å². The van der Waals surface area contributed by atoms with Gasteiger partial charge in [0.05, 0.1) is 13.7 Å². The van der Waals surface area contributed by atoms with Gasteiger partial charge in [-0.25, -0.2) is 4.98 Å². The topological polar surface area (TPSA) is 99.4 Å². The number of methoxy groups -OCH3 is 1. The first-order valence-corrected chi connectivity index (χ1v) is 10.5. The van der Waals surface area contributed by atoms with E-state index in [4.69, 9.17) is 15.0 Å². The van der Waals surface area contributed by atoms with Crippen molar-refractivity contribution in [3.63, 3.8) is 0 Å². The van der Waals surface area contributed by atoms with Gasteiger partial charge in [-0.15, -0.1) is 0 Å². The maximum Gasteiger partial charge on any atom is 0.222 e. The molecule has 0 amide bonds. The molecule has 1 unspecified atom stereocenters. The molecule has 0 saturated heterocycles. The van der Waals surface area contributed by atoms with E-state index in [9.17, 15) is 4.57 Å². The van der Waals surface area contributed by atoms with Gasteiger partial charge >= 0.3 is 0 Å². The number of ether oxygens (including phenoxy) is 1. The Bertz CT molecular complexity index is 799. The van der Waals surface area contributed by atoms with Gasteiger partial charge in [-0.1, -0.05) is 13.3 Å². The first-order valence-electron chi connectivity index (χ1n) is 9.21. The lowest BCUT2D eigenvalue weighted by atomic mass is 10.0. The number of nitrogen functional groups attached to an aromatic ring is 1. The highest BCUT2D eigenvalue weighted by atomic mass is 31.1. The third-order valence-electron chi connectivity index (χ3n) is 4.21. The van der Waals surface area contributed by atoms with Crippen molar-refractivity contribution in [2.24, 2.45) is 0 Å². The lowest BCUT2D eigenvalue weighted by Crippen LogP contribution is -2.12. The van der Waals surface area contributed by atoms with Crippen LogP contribution in [0.3, 0.4) is 0 Å². The van der Waals surface area contributed by atoms with E-state index in [0.717, 1.165) is 47.8 Å². The van der Waals surface area contributed by atoms with Crippen LogP contribution in [0.1, 0.15) is 43.5 Å². The van der Waals surface area contributed by atoms with Gasteiger partial charge in [0.2, 0.25) is 14.0 Å². The Kier molecular flexibility index (Phi) is 8.07. The van der Waals surface area contributed by atoms with Crippen LogP contribution in [0.5, 0.6) is 5.75 Å². The molecule has 1 aromatic heterocycles. The molecule has 1 heterocycles. The molecule has 0 bridgehead atoms. The summed E-state index contributed by atoms with van der Waals surface area (Å²) < 4.78 is 23.1. The number of anilines is 2. The van der Waals surface area contributed by atoms with Gasteiger partial charge in [-0.05, 0) is 44.0 Å². The molecule has 1 atom stereocenters. The summed E-state index contributed by atoms with van der Waals surface area (Å²) in [6, 6.07) is 5.48. The van der Waals surface area contributed by atoms with Crippen LogP contribution in [-0.4, -0.2) is 30.2 Å². The molecule has 1 aromatic carbocycles. The Hall–Kier alpha value is -2.11. The van der Waals surface area contributed by atoms with Crippen LogP contribution in [0.15, 0.2) is 18.2 Å². The molecule has 0 aliphatic rings. The van der Waals surface area contributed by atoms with Gasteiger partial charge in [0.1, 0.15) is 11.6 Å². The minimum atomic E-state index is -2.27. The number of rotatable bonds is 10. The van der Waals surface area contributed by atoms with E-state index in [0.29, 0.717) is 18.3 Å². The van der Waals surface area contributed by atoms with Crippen molar-refractivity contribution in [1.29, 1.82) is 0 Å². The van der Waals surface area contributed by atoms with E-state index in [1.807, 2.05) is 26.0 Å². The highest BCUT2D eigenvalue weighted by Crippen LogP contribution is 2.29. The molecule has 8 heteroatoms. The van der Waals surface area contributed by atoms with Gasteiger partial charge in [0.15, 0.2) is 0 Å².